The van der Waals surface area contributed by atoms with Crippen LogP contribution >= 0.6 is 0 Å². The predicted molar refractivity (Wildman–Crippen MR) is 82.1 cm³/mol. The fourth-order valence-electron chi connectivity index (χ4n) is 2.30. The van der Waals surface area contributed by atoms with E-state index in [1.807, 2.05) is 18.2 Å². The second kappa shape index (κ2) is 6.92. The lowest BCUT2D eigenvalue weighted by atomic mass is 10.1. The highest BCUT2D eigenvalue weighted by Gasteiger charge is 2.31. The van der Waals surface area contributed by atoms with Gasteiger partial charge in [0.1, 0.15) is 11.7 Å². The number of hydrogen-bond acceptors (Lipinski definition) is 4. The van der Waals surface area contributed by atoms with Crippen molar-refractivity contribution in [3.63, 3.8) is 0 Å². The Morgan fingerprint density at radius 2 is 1.95 bits per heavy atom. The minimum absolute atomic E-state index is 0.266. The van der Waals surface area contributed by atoms with Crippen LogP contribution in [-0.4, -0.2) is 30.2 Å². The molecule has 2 atom stereocenters. The van der Waals surface area contributed by atoms with Gasteiger partial charge in [0.05, 0.1) is 0 Å². The zero-order chi connectivity index (χ0) is 16.2. The summed E-state index contributed by atoms with van der Waals surface area (Å²) in [6, 6.07) is 8.28. The average Bonchev–Trinajstić information content (AvgIpc) is 2.97. The Morgan fingerprint density at radius 3 is 2.50 bits per heavy atom. The Bertz CT molecular complexity index is 515. The van der Waals surface area contributed by atoms with Gasteiger partial charge in [-0.3, -0.25) is 4.79 Å². The molecule has 22 heavy (non-hydrogen) atoms. The molecule has 2 rings (SSSR count). The number of esters is 1. The molecule has 1 saturated heterocycles. The molecule has 120 valence electrons. The third-order valence-corrected chi connectivity index (χ3v) is 3.28. The van der Waals surface area contributed by atoms with Crippen LogP contribution in [0.15, 0.2) is 30.3 Å². The standard InChI is InChI=1S/C17H23NO4/c1-17(2,3)22-16(20)14(12-8-5-4-6-9-12)18-15(19)13-10-7-11-21-13/h4-6,8-9,13-14H,7,10-11H2,1-3H3,(H,18,19)/t13-,14-/m0/s1. The van der Waals surface area contributed by atoms with Gasteiger partial charge >= 0.3 is 5.97 Å². The van der Waals surface area contributed by atoms with Gasteiger partial charge in [-0.2, -0.15) is 0 Å². The Hall–Kier alpha value is -1.88. The van der Waals surface area contributed by atoms with E-state index in [1.54, 1.807) is 32.9 Å². The Kier molecular flexibility index (Phi) is 5.19. The molecule has 0 unspecified atom stereocenters. The van der Waals surface area contributed by atoms with Crippen LogP contribution in [0.2, 0.25) is 0 Å². The van der Waals surface area contributed by atoms with E-state index in [0.717, 1.165) is 6.42 Å². The number of rotatable bonds is 4. The number of carbonyl (C=O) groups excluding carboxylic acids is 2. The van der Waals surface area contributed by atoms with Crippen molar-refractivity contribution in [3.8, 4) is 0 Å². The molecule has 1 fully saturated rings. The summed E-state index contributed by atoms with van der Waals surface area (Å²) in [5.74, 6) is -0.734. The molecule has 0 bridgehead atoms. The van der Waals surface area contributed by atoms with Crippen LogP contribution in [0.5, 0.6) is 0 Å². The quantitative estimate of drug-likeness (QED) is 0.867. The van der Waals surface area contributed by atoms with E-state index in [0.29, 0.717) is 18.6 Å². The molecule has 0 aliphatic carbocycles. The summed E-state index contributed by atoms with van der Waals surface area (Å²) < 4.78 is 10.8. The first-order valence-corrected chi connectivity index (χ1v) is 7.56. The van der Waals surface area contributed by atoms with Crippen molar-refractivity contribution in [3.05, 3.63) is 35.9 Å². The van der Waals surface area contributed by atoms with E-state index in [2.05, 4.69) is 5.32 Å². The van der Waals surface area contributed by atoms with E-state index in [-0.39, 0.29) is 5.91 Å². The van der Waals surface area contributed by atoms with Crippen LogP contribution in [0.4, 0.5) is 0 Å². The highest BCUT2D eigenvalue weighted by Crippen LogP contribution is 2.20. The first kappa shape index (κ1) is 16.5. The summed E-state index contributed by atoms with van der Waals surface area (Å²) in [4.78, 5) is 24.7. The van der Waals surface area contributed by atoms with Crippen LogP contribution in [-0.2, 0) is 19.1 Å². The van der Waals surface area contributed by atoms with Gasteiger partial charge in [-0.25, -0.2) is 4.79 Å². The van der Waals surface area contributed by atoms with Crippen molar-refractivity contribution >= 4 is 11.9 Å². The van der Waals surface area contributed by atoms with Crippen molar-refractivity contribution in [2.75, 3.05) is 6.61 Å². The van der Waals surface area contributed by atoms with Gasteiger partial charge in [-0.1, -0.05) is 30.3 Å². The van der Waals surface area contributed by atoms with Crippen molar-refractivity contribution in [2.24, 2.45) is 0 Å². The molecule has 1 aliphatic rings. The molecule has 0 saturated carbocycles. The first-order chi connectivity index (χ1) is 10.4. The third-order valence-electron chi connectivity index (χ3n) is 3.28. The Balaban J connectivity index is 2.14. The maximum absolute atomic E-state index is 12.4. The van der Waals surface area contributed by atoms with Crippen molar-refractivity contribution in [2.45, 2.75) is 51.4 Å². The van der Waals surface area contributed by atoms with Crippen LogP contribution in [0.25, 0.3) is 0 Å². The summed E-state index contributed by atoms with van der Waals surface area (Å²) in [6.45, 7) is 5.99. The van der Waals surface area contributed by atoms with Crippen molar-refractivity contribution < 1.29 is 19.1 Å². The fraction of sp³-hybridized carbons (Fsp3) is 0.529. The molecule has 1 heterocycles. The van der Waals surface area contributed by atoms with Crippen molar-refractivity contribution in [1.29, 1.82) is 0 Å². The van der Waals surface area contributed by atoms with Gasteiger partial charge in [-0.05, 0) is 39.2 Å². The van der Waals surface area contributed by atoms with Gasteiger partial charge in [0, 0.05) is 6.61 Å². The molecule has 0 radical (unpaired) electrons. The predicted octanol–water partition coefficient (Wildman–Crippen LogP) is 2.36. The maximum atomic E-state index is 12.4. The molecule has 0 aromatic heterocycles. The van der Waals surface area contributed by atoms with Crippen molar-refractivity contribution in [1.82, 2.24) is 5.32 Å². The number of benzene rings is 1. The second-order valence-electron chi connectivity index (χ2n) is 6.39. The number of amides is 1. The minimum atomic E-state index is -0.822. The van der Waals surface area contributed by atoms with Gasteiger partial charge < -0.3 is 14.8 Å². The molecule has 1 aromatic rings. The lowest BCUT2D eigenvalue weighted by Crippen LogP contribution is -2.42. The minimum Gasteiger partial charge on any atom is -0.458 e. The molecular formula is C17H23NO4. The Morgan fingerprint density at radius 1 is 1.27 bits per heavy atom. The van der Waals surface area contributed by atoms with E-state index < -0.39 is 23.7 Å². The van der Waals surface area contributed by atoms with Crippen LogP contribution in [0, 0.1) is 0 Å². The highest BCUT2D eigenvalue weighted by atomic mass is 16.6. The topological polar surface area (TPSA) is 64.6 Å². The van der Waals surface area contributed by atoms with Gasteiger partial charge in [0.15, 0.2) is 6.04 Å². The summed E-state index contributed by atoms with van der Waals surface area (Å²) >= 11 is 0. The molecule has 1 aromatic carbocycles. The molecular weight excluding hydrogens is 282 g/mol. The number of nitrogens with one attached hydrogen (secondary N) is 1. The third kappa shape index (κ3) is 4.56. The average molecular weight is 305 g/mol. The zero-order valence-corrected chi connectivity index (χ0v) is 13.3. The first-order valence-electron chi connectivity index (χ1n) is 7.56. The lowest BCUT2D eigenvalue weighted by Gasteiger charge is -2.25. The maximum Gasteiger partial charge on any atom is 0.333 e. The van der Waals surface area contributed by atoms with Gasteiger partial charge in [0.2, 0.25) is 5.91 Å². The zero-order valence-electron chi connectivity index (χ0n) is 13.3. The molecule has 1 N–H and O–H groups in total. The molecule has 5 heteroatoms. The smallest absolute Gasteiger partial charge is 0.333 e. The summed E-state index contributed by atoms with van der Waals surface area (Å²) in [6.07, 6.45) is 1.07. The summed E-state index contributed by atoms with van der Waals surface area (Å²) in [5, 5.41) is 2.76. The summed E-state index contributed by atoms with van der Waals surface area (Å²) in [5.41, 5.74) is 0.0849. The van der Waals surface area contributed by atoms with E-state index in [1.165, 1.54) is 0 Å². The number of hydrogen-bond donors (Lipinski definition) is 1. The molecule has 0 spiro atoms. The fourth-order valence-corrected chi connectivity index (χ4v) is 2.30. The summed E-state index contributed by atoms with van der Waals surface area (Å²) in [7, 11) is 0. The SMILES string of the molecule is CC(C)(C)OC(=O)[C@@H](NC(=O)[C@@H]1CCCO1)c1ccccc1. The van der Waals surface area contributed by atoms with E-state index in [4.69, 9.17) is 9.47 Å². The molecule has 1 aliphatic heterocycles. The van der Waals surface area contributed by atoms with Crippen LogP contribution in [0.3, 0.4) is 0 Å². The molecule has 5 nitrogen and oxygen atoms in total. The second-order valence-corrected chi connectivity index (χ2v) is 6.39. The number of carbonyl (C=O) groups is 2. The highest BCUT2D eigenvalue weighted by molar-refractivity contribution is 5.88. The monoisotopic (exact) mass is 305 g/mol. The normalized spacial score (nSPS) is 19.5. The van der Waals surface area contributed by atoms with Crippen LogP contribution < -0.4 is 5.32 Å². The van der Waals surface area contributed by atoms with Crippen LogP contribution in [0.1, 0.15) is 45.2 Å². The lowest BCUT2D eigenvalue weighted by molar-refractivity contribution is -0.159. The van der Waals surface area contributed by atoms with Gasteiger partial charge in [0.25, 0.3) is 0 Å². The van der Waals surface area contributed by atoms with Gasteiger partial charge in [-0.15, -0.1) is 0 Å². The number of ether oxygens (including phenoxy) is 2. The van der Waals surface area contributed by atoms with E-state index >= 15 is 0 Å². The Labute approximate surface area is 131 Å². The van der Waals surface area contributed by atoms with E-state index in [9.17, 15) is 9.59 Å². The largest absolute Gasteiger partial charge is 0.458 e. The molecule has 1 amide bonds.